The summed E-state index contributed by atoms with van der Waals surface area (Å²) in [6, 6.07) is 3.82. The number of aryl methyl sites for hydroxylation is 1. The molecule has 4 nitrogen and oxygen atoms in total. The average molecular weight is 244 g/mol. The van der Waals surface area contributed by atoms with Crippen LogP contribution < -0.4 is 5.32 Å². The van der Waals surface area contributed by atoms with Crippen molar-refractivity contribution in [1.29, 1.82) is 0 Å². The highest BCUT2D eigenvalue weighted by atomic mass is 32.1. The molecule has 3 aromatic rings. The Bertz CT molecular complexity index is 641. The van der Waals surface area contributed by atoms with Gasteiger partial charge in [0.05, 0.1) is 6.20 Å². The van der Waals surface area contributed by atoms with Crippen molar-refractivity contribution in [2.75, 3.05) is 5.32 Å². The molecular formula is C12H12N4S. The van der Waals surface area contributed by atoms with E-state index < -0.39 is 0 Å². The summed E-state index contributed by atoms with van der Waals surface area (Å²) in [6.45, 7) is 2.94. The van der Waals surface area contributed by atoms with Gasteiger partial charge in [0.2, 0.25) is 0 Å². The van der Waals surface area contributed by atoms with Crippen molar-refractivity contribution in [2.45, 2.75) is 13.5 Å². The molecule has 0 unspecified atom stereocenters. The van der Waals surface area contributed by atoms with E-state index in [1.165, 1.54) is 11.1 Å². The number of hydrogen-bond donors (Lipinski definition) is 1. The van der Waals surface area contributed by atoms with E-state index in [1.54, 1.807) is 22.0 Å². The van der Waals surface area contributed by atoms with Gasteiger partial charge in [-0.1, -0.05) is 0 Å². The van der Waals surface area contributed by atoms with Crippen LogP contribution >= 0.6 is 11.3 Å². The van der Waals surface area contributed by atoms with Crippen molar-refractivity contribution in [3.05, 3.63) is 46.4 Å². The van der Waals surface area contributed by atoms with Gasteiger partial charge in [-0.15, -0.1) is 0 Å². The predicted octanol–water partition coefficient (Wildman–Crippen LogP) is 2.71. The summed E-state index contributed by atoms with van der Waals surface area (Å²) < 4.78 is 1.75. The number of rotatable bonds is 3. The van der Waals surface area contributed by atoms with E-state index in [4.69, 9.17) is 0 Å². The fourth-order valence-corrected chi connectivity index (χ4v) is 2.52. The third-order valence-corrected chi connectivity index (χ3v) is 3.59. The van der Waals surface area contributed by atoms with Crippen molar-refractivity contribution in [3.63, 3.8) is 0 Å². The molecule has 0 saturated heterocycles. The second-order valence-electron chi connectivity index (χ2n) is 3.88. The number of nitrogens with zero attached hydrogens (tertiary/aromatic N) is 3. The molecule has 86 valence electrons. The lowest BCUT2D eigenvalue weighted by atomic mass is 10.2. The highest BCUT2D eigenvalue weighted by Crippen LogP contribution is 2.15. The Morgan fingerprint density at radius 1 is 1.35 bits per heavy atom. The van der Waals surface area contributed by atoms with E-state index in [0.717, 1.165) is 18.0 Å². The maximum Gasteiger partial charge on any atom is 0.157 e. The first-order chi connectivity index (χ1) is 8.33. The fraction of sp³-hybridized carbons (Fsp3) is 0.167. The van der Waals surface area contributed by atoms with Gasteiger partial charge in [0, 0.05) is 18.8 Å². The first-order valence-corrected chi connectivity index (χ1v) is 6.33. The molecule has 5 heteroatoms. The molecule has 3 aromatic heterocycles. The number of aromatic nitrogens is 3. The van der Waals surface area contributed by atoms with Crippen molar-refractivity contribution >= 4 is 22.8 Å². The van der Waals surface area contributed by atoms with E-state index in [-0.39, 0.29) is 0 Å². The van der Waals surface area contributed by atoms with Crippen LogP contribution in [0.1, 0.15) is 11.1 Å². The third kappa shape index (κ3) is 2.01. The first kappa shape index (κ1) is 10.3. The van der Waals surface area contributed by atoms with Gasteiger partial charge in [-0.05, 0) is 34.9 Å². The Hall–Kier alpha value is -1.88. The van der Waals surface area contributed by atoms with Crippen LogP contribution in [-0.4, -0.2) is 14.6 Å². The fourth-order valence-electron chi connectivity index (χ4n) is 1.66. The highest BCUT2D eigenvalue weighted by Gasteiger charge is 2.01. The quantitative estimate of drug-likeness (QED) is 0.770. The van der Waals surface area contributed by atoms with Gasteiger partial charge in [-0.25, -0.2) is 9.50 Å². The van der Waals surface area contributed by atoms with Crippen molar-refractivity contribution < 1.29 is 0 Å². The molecule has 0 aliphatic carbocycles. The highest BCUT2D eigenvalue weighted by molar-refractivity contribution is 7.08. The lowest BCUT2D eigenvalue weighted by Crippen LogP contribution is -2.02. The number of thiophene rings is 1. The summed E-state index contributed by atoms with van der Waals surface area (Å²) in [5.74, 6) is 0.878. The average Bonchev–Trinajstić information content (AvgIpc) is 2.94. The van der Waals surface area contributed by atoms with Gasteiger partial charge in [-0.2, -0.15) is 16.4 Å². The standard InChI is InChI=1S/C12H12N4S/c1-9-7-17-8-10(9)6-13-11-3-5-16-12(15-11)2-4-14-16/h2-5,7-8H,6H2,1H3,(H,13,15). The number of hydrogen-bond acceptors (Lipinski definition) is 4. The minimum Gasteiger partial charge on any atom is -0.366 e. The van der Waals surface area contributed by atoms with Gasteiger partial charge >= 0.3 is 0 Å². The van der Waals surface area contributed by atoms with E-state index >= 15 is 0 Å². The summed E-state index contributed by atoms with van der Waals surface area (Å²) >= 11 is 1.73. The molecule has 0 atom stereocenters. The zero-order chi connectivity index (χ0) is 11.7. The van der Waals surface area contributed by atoms with Crippen LogP contribution in [0.15, 0.2) is 35.3 Å². The third-order valence-electron chi connectivity index (χ3n) is 2.68. The molecule has 0 fully saturated rings. The molecule has 0 amide bonds. The Morgan fingerprint density at radius 2 is 2.29 bits per heavy atom. The van der Waals surface area contributed by atoms with Gasteiger partial charge < -0.3 is 5.32 Å². The molecule has 0 radical (unpaired) electrons. The number of fused-ring (bicyclic) bond motifs is 1. The molecule has 0 spiro atoms. The predicted molar refractivity (Wildman–Crippen MR) is 69.4 cm³/mol. The van der Waals surface area contributed by atoms with Crippen LogP contribution in [-0.2, 0) is 6.54 Å². The second-order valence-corrected chi connectivity index (χ2v) is 4.62. The topological polar surface area (TPSA) is 42.2 Å². The molecule has 0 aromatic carbocycles. The van der Waals surface area contributed by atoms with Crippen molar-refractivity contribution in [3.8, 4) is 0 Å². The van der Waals surface area contributed by atoms with Gasteiger partial charge in [0.1, 0.15) is 5.82 Å². The van der Waals surface area contributed by atoms with Crippen LogP contribution in [0.5, 0.6) is 0 Å². The van der Waals surface area contributed by atoms with Gasteiger partial charge in [0.25, 0.3) is 0 Å². The largest absolute Gasteiger partial charge is 0.366 e. The van der Waals surface area contributed by atoms with Crippen molar-refractivity contribution in [2.24, 2.45) is 0 Å². The zero-order valence-corrected chi connectivity index (χ0v) is 10.2. The Morgan fingerprint density at radius 3 is 3.12 bits per heavy atom. The second kappa shape index (κ2) is 4.18. The number of nitrogens with one attached hydrogen (secondary N) is 1. The molecule has 17 heavy (non-hydrogen) atoms. The zero-order valence-electron chi connectivity index (χ0n) is 9.42. The minimum absolute atomic E-state index is 0.812. The van der Waals surface area contributed by atoms with Crippen LogP contribution in [0.3, 0.4) is 0 Å². The Labute approximate surface area is 103 Å². The molecule has 3 rings (SSSR count). The first-order valence-electron chi connectivity index (χ1n) is 5.39. The maximum absolute atomic E-state index is 4.46. The van der Waals surface area contributed by atoms with Crippen LogP contribution in [0.4, 0.5) is 5.82 Å². The molecule has 0 aliphatic rings. The minimum atomic E-state index is 0.812. The van der Waals surface area contributed by atoms with Crippen molar-refractivity contribution in [1.82, 2.24) is 14.6 Å². The van der Waals surface area contributed by atoms with Gasteiger partial charge in [0.15, 0.2) is 5.65 Å². The van der Waals surface area contributed by atoms with Gasteiger partial charge in [-0.3, -0.25) is 0 Å². The summed E-state index contributed by atoms with van der Waals surface area (Å²) in [7, 11) is 0. The van der Waals surface area contributed by atoms with E-state index in [0.29, 0.717) is 0 Å². The summed E-state index contributed by atoms with van der Waals surface area (Å²) in [4.78, 5) is 4.46. The molecule has 0 bridgehead atoms. The lowest BCUT2D eigenvalue weighted by molar-refractivity contribution is 0.936. The number of anilines is 1. The van der Waals surface area contributed by atoms with E-state index in [9.17, 15) is 0 Å². The lowest BCUT2D eigenvalue weighted by Gasteiger charge is -2.05. The smallest absolute Gasteiger partial charge is 0.157 e. The van der Waals surface area contributed by atoms with E-state index in [1.807, 2.05) is 18.3 Å². The maximum atomic E-state index is 4.46. The summed E-state index contributed by atoms with van der Waals surface area (Å²) in [5, 5.41) is 11.8. The molecule has 0 saturated carbocycles. The molecule has 3 heterocycles. The molecule has 0 aliphatic heterocycles. The molecule has 1 N–H and O–H groups in total. The van der Waals surface area contributed by atoms with Crippen LogP contribution in [0.2, 0.25) is 0 Å². The Kier molecular flexibility index (Phi) is 2.53. The summed E-state index contributed by atoms with van der Waals surface area (Å²) in [6.07, 6.45) is 3.65. The Balaban J connectivity index is 1.78. The molecular weight excluding hydrogens is 232 g/mol. The van der Waals surface area contributed by atoms with Crippen LogP contribution in [0, 0.1) is 6.92 Å². The monoisotopic (exact) mass is 244 g/mol. The van der Waals surface area contributed by atoms with Crippen LogP contribution in [0.25, 0.3) is 5.65 Å². The SMILES string of the molecule is Cc1cscc1CNc1ccn2nccc2n1. The summed E-state index contributed by atoms with van der Waals surface area (Å²) in [5.41, 5.74) is 3.51. The van der Waals surface area contributed by atoms with E-state index in [2.05, 4.69) is 33.1 Å². The normalized spacial score (nSPS) is 10.9.